The number of carbonyl (C=O) groups is 1. The molecule has 2 aliphatic rings. The van der Waals surface area contributed by atoms with Crippen LogP contribution in [0.2, 0.25) is 0 Å². The molecular weight excluding hydrogens is 573 g/mol. The number of hydrogen-bond donors (Lipinski definition) is 0. The number of aromatic nitrogens is 3. The Morgan fingerprint density at radius 1 is 1.24 bits per heavy atom. The quantitative estimate of drug-likeness (QED) is 0.292. The van der Waals surface area contributed by atoms with E-state index in [1.165, 1.54) is 19.2 Å². The second kappa shape index (κ2) is 10.3. The Hall–Kier alpha value is -4.18. The molecule has 5 heterocycles. The van der Waals surface area contributed by atoms with E-state index in [2.05, 4.69) is 20.9 Å². The van der Waals surface area contributed by atoms with Crippen LogP contribution in [0.5, 0.6) is 5.88 Å². The van der Waals surface area contributed by atoms with Gasteiger partial charge in [0.05, 0.1) is 29.7 Å². The van der Waals surface area contributed by atoms with Crippen LogP contribution in [0, 0.1) is 12.3 Å². The molecule has 0 radical (unpaired) electrons. The lowest BCUT2D eigenvalue weighted by Gasteiger charge is -2.31. The van der Waals surface area contributed by atoms with Gasteiger partial charge in [-0.15, -0.1) is 6.42 Å². The maximum atomic E-state index is 16.2. The van der Waals surface area contributed by atoms with Crippen molar-refractivity contribution in [2.45, 2.75) is 50.4 Å². The zero-order valence-electron chi connectivity index (χ0n) is 22.4. The largest absolute Gasteiger partial charge is 0.472 e. The van der Waals surface area contributed by atoms with Crippen LogP contribution in [-0.2, 0) is 20.3 Å². The standard InChI is InChI=1S/C29H25F3N4O5S/c1-3-17-12-20(29(32)8-10-42(38,39)11-9-29)28(33-14-17)40-18-13-21(16(2)37)36(15-18)27-24-23(34-26(35-27)25(30)31)19-6-4-5-7-22(19)41-24/h1,4-7,12,14,18,21,25H,8-11,13,15H2,2H3/t18-,21-/m0/s1. The average Bonchev–Trinajstić information content (AvgIpc) is 3.56. The first kappa shape index (κ1) is 28.0. The van der Waals surface area contributed by atoms with Crippen LogP contribution in [0.3, 0.4) is 0 Å². The number of fused-ring (bicyclic) bond motifs is 3. The number of anilines is 1. The second-order valence-corrected chi connectivity index (χ2v) is 12.9. The molecule has 0 N–H and O–H groups in total. The van der Waals surface area contributed by atoms with Crippen molar-refractivity contribution in [1.29, 1.82) is 0 Å². The van der Waals surface area contributed by atoms with Gasteiger partial charge in [-0.1, -0.05) is 18.1 Å². The van der Waals surface area contributed by atoms with Gasteiger partial charge in [0.2, 0.25) is 5.88 Å². The van der Waals surface area contributed by atoms with Gasteiger partial charge in [0.1, 0.15) is 22.9 Å². The molecule has 2 fully saturated rings. The van der Waals surface area contributed by atoms with Crippen LogP contribution in [0.4, 0.5) is 19.0 Å². The molecule has 218 valence electrons. The fourth-order valence-electron chi connectivity index (χ4n) is 5.62. The summed E-state index contributed by atoms with van der Waals surface area (Å²) in [4.78, 5) is 26.7. The van der Waals surface area contributed by atoms with Gasteiger partial charge in [-0.3, -0.25) is 4.79 Å². The lowest BCUT2D eigenvalue weighted by atomic mass is 9.90. The monoisotopic (exact) mass is 598 g/mol. The number of benzene rings is 1. The van der Waals surface area contributed by atoms with Crippen molar-refractivity contribution < 1.29 is 35.5 Å². The minimum atomic E-state index is -3.37. The predicted octanol–water partition coefficient (Wildman–Crippen LogP) is 4.68. The topological polar surface area (TPSA) is 115 Å². The van der Waals surface area contributed by atoms with E-state index < -0.39 is 39.9 Å². The number of pyridine rings is 1. The Balaban J connectivity index is 1.38. The lowest BCUT2D eigenvalue weighted by molar-refractivity contribution is -0.118. The van der Waals surface area contributed by atoms with Crippen molar-refractivity contribution in [2.24, 2.45) is 0 Å². The molecule has 3 aromatic heterocycles. The number of carbonyl (C=O) groups excluding carboxylic acids is 1. The highest BCUT2D eigenvalue weighted by molar-refractivity contribution is 7.91. The number of Topliss-reactive ketones (excluding diaryl/α,β-unsaturated/α-hetero) is 1. The SMILES string of the molecule is C#Cc1cnc(O[C@H]2C[C@@H](C(C)=O)N(c3nc(C(F)F)nc4c3oc3ccccc34)C2)c(C2(F)CCS(=O)(=O)CC2)c1. The molecule has 2 aliphatic heterocycles. The first-order valence-corrected chi connectivity index (χ1v) is 15.1. The van der Waals surface area contributed by atoms with Crippen molar-refractivity contribution in [1.82, 2.24) is 15.0 Å². The van der Waals surface area contributed by atoms with Crippen molar-refractivity contribution in [3.63, 3.8) is 0 Å². The number of halogens is 3. The Labute approximate surface area is 239 Å². The molecule has 1 aromatic carbocycles. The number of sulfone groups is 1. The number of ether oxygens (including phenoxy) is 1. The number of para-hydroxylation sites is 1. The molecule has 4 aromatic rings. The minimum absolute atomic E-state index is 0.0156. The Kier molecular flexibility index (Phi) is 6.84. The number of alkyl halides is 3. The summed E-state index contributed by atoms with van der Waals surface area (Å²) in [5.74, 6) is 0.716. The van der Waals surface area contributed by atoms with Crippen LogP contribution in [0.15, 0.2) is 40.9 Å². The van der Waals surface area contributed by atoms with Gasteiger partial charge in [-0.2, -0.15) is 0 Å². The molecule has 0 bridgehead atoms. The van der Waals surface area contributed by atoms with E-state index in [0.717, 1.165) is 0 Å². The van der Waals surface area contributed by atoms with Crippen molar-refractivity contribution in [2.75, 3.05) is 23.0 Å². The van der Waals surface area contributed by atoms with E-state index in [0.29, 0.717) is 16.5 Å². The number of nitrogens with zero attached hydrogens (tertiary/aromatic N) is 4. The zero-order chi connectivity index (χ0) is 29.8. The maximum Gasteiger partial charge on any atom is 0.297 e. The number of ketones is 1. The molecule has 42 heavy (non-hydrogen) atoms. The van der Waals surface area contributed by atoms with Crippen LogP contribution in [0.1, 0.15) is 49.6 Å². The Morgan fingerprint density at radius 2 is 1.98 bits per heavy atom. The minimum Gasteiger partial charge on any atom is -0.472 e. The molecule has 0 saturated carbocycles. The van der Waals surface area contributed by atoms with Gasteiger partial charge in [-0.05, 0) is 38.0 Å². The van der Waals surface area contributed by atoms with E-state index in [4.69, 9.17) is 15.6 Å². The fraction of sp³-hybridized carbons (Fsp3) is 0.379. The molecule has 2 saturated heterocycles. The Bertz CT molecular complexity index is 1860. The first-order valence-electron chi connectivity index (χ1n) is 13.3. The third-order valence-corrected chi connectivity index (χ3v) is 9.47. The maximum absolute atomic E-state index is 16.2. The summed E-state index contributed by atoms with van der Waals surface area (Å²) >= 11 is 0. The molecule has 0 unspecified atom stereocenters. The molecule has 13 heteroatoms. The number of furan rings is 1. The van der Waals surface area contributed by atoms with Gasteiger partial charge in [0, 0.05) is 23.6 Å². The molecule has 9 nitrogen and oxygen atoms in total. The van der Waals surface area contributed by atoms with Crippen LogP contribution < -0.4 is 9.64 Å². The molecule has 6 rings (SSSR count). The summed E-state index contributed by atoms with van der Waals surface area (Å²) in [6.07, 6.45) is 2.71. The third kappa shape index (κ3) is 4.93. The number of rotatable bonds is 6. The highest BCUT2D eigenvalue weighted by Crippen LogP contribution is 2.43. The van der Waals surface area contributed by atoms with Gasteiger partial charge in [0.25, 0.3) is 6.43 Å². The van der Waals surface area contributed by atoms with E-state index in [9.17, 15) is 22.0 Å². The summed E-state index contributed by atoms with van der Waals surface area (Å²) in [6, 6.07) is 7.44. The highest BCUT2D eigenvalue weighted by atomic mass is 32.2. The van der Waals surface area contributed by atoms with Crippen molar-refractivity contribution >= 4 is 43.5 Å². The van der Waals surface area contributed by atoms with E-state index in [-0.39, 0.29) is 71.5 Å². The first-order chi connectivity index (χ1) is 20.0. The normalized spacial score (nSPS) is 21.6. The lowest BCUT2D eigenvalue weighted by Crippen LogP contribution is -2.36. The van der Waals surface area contributed by atoms with Gasteiger partial charge in [0.15, 0.2) is 32.8 Å². The highest BCUT2D eigenvalue weighted by Gasteiger charge is 2.44. The second-order valence-electron chi connectivity index (χ2n) is 10.6. The summed E-state index contributed by atoms with van der Waals surface area (Å²) in [6.45, 7) is 1.39. The fourth-order valence-corrected chi connectivity index (χ4v) is 7.10. The van der Waals surface area contributed by atoms with Crippen LogP contribution in [0.25, 0.3) is 22.1 Å². The summed E-state index contributed by atoms with van der Waals surface area (Å²) in [5, 5.41) is 0.523. The Morgan fingerprint density at radius 3 is 2.67 bits per heavy atom. The predicted molar refractivity (Wildman–Crippen MR) is 148 cm³/mol. The molecule has 0 spiro atoms. The van der Waals surface area contributed by atoms with Gasteiger partial charge >= 0.3 is 0 Å². The van der Waals surface area contributed by atoms with Gasteiger partial charge in [-0.25, -0.2) is 36.5 Å². The number of hydrogen-bond acceptors (Lipinski definition) is 9. The van der Waals surface area contributed by atoms with E-state index in [1.54, 1.807) is 29.2 Å². The molecule has 2 atom stereocenters. The van der Waals surface area contributed by atoms with Gasteiger partial charge < -0.3 is 14.1 Å². The van der Waals surface area contributed by atoms with Crippen molar-refractivity contribution in [3.8, 4) is 18.2 Å². The third-order valence-electron chi connectivity index (χ3n) is 7.82. The molecular formula is C29H25F3N4O5S. The molecule has 0 aliphatic carbocycles. The summed E-state index contributed by atoms with van der Waals surface area (Å²) < 4.78 is 80.1. The smallest absolute Gasteiger partial charge is 0.297 e. The van der Waals surface area contributed by atoms with Crippen LogP contribution >= 0.6 is 0 Å². The van der Waals surface area contributed by atoms with Crippen molar-refractivity contribution in [3.05, 3.63) is 53.5 Å². The average molecular weight is 599 g/mol. The zero-order valence-corrected chi connectivity index (χ0v) is 23.2. The van der Waals surface area contributed by atoms with Crippen LogP contribution in [-0.4, -0.2) is 59.3 Å². The summed E-state index contributed by atoms with van der Waals surface area (Å²) in [5.41, 5.74) is -0.949. The van der Waals surface area contributed by atoms with E-state index in [1.807, 2.05) is 0 Å². The summed E-state index contributed by atoms with van der Waals surface area (Å²) in [7, 11) is -3.37. The number of terminal acetylenes is 1. The molecule has 0 amide bonds. The van der Waals surface area contributed by atoms with E-state index >= 15 is 4.39 Å².